The number of nitrogens with one attached hydrogen (secondary N) is 2. The second-order valence-electron chi connectivity index (χ2n) is 7.77. The Hall–Kier alpha value is -1.43. The summed E-state index contributed by atoms with van der Waals surface area (Å²) < 4.78 is 49.1. The molecule has 1 unspecified atom stereocenters. The molecule has 1 aromatic rings. The number of aliphatic imine (C=N–C) groups is 1. The highest BCUT2D eigenvalue weighted by Crippen LogP contribution is 2.30. The molecule has 0 spiro atoms. The first-order valence-corrected chi connectivity index (χ1v) is 10.6. The number of alkyl halides is 3. The van der Waals surface area contributed by atoms with Crippen molar-refractivity contribution in [3.05, 3.63) is 24.3 Å². The summed E-state index contributed by atoms with van der Waals surface area (Å²) in [6, 6.07) is 7.59. The van der Waals surface area contributed by atoms with Crippen LogP contribution in [0.15, 0.2) is 29.3 Å². The number of ether oxygens (including phenoxy) is 2. The minimum absolute atomic E-state index is 0. The molecule has 2 aliphatic heterocycles. The van der Waals surface area contributed by atoms with Crippen LogP contribution < -0.4 is 20.1 Å². The molecule has 6 nitrogen and oxygen atoms in total. The first kappa shape index (κ1) is 25.8. The molecule has 176 valence electrons. The highest BCUT2D eigenvalue weighted by atomic mass is 127. The fourth-order valence-corrected chi connectivity index (χ4v) is 3.77. The van der Waals surface area contributed by atoms with E-state index in [1.54, 1.807) is 0 Å². The van der Waals surface area contributed by atoms with Crippen molar-refractivity contribution in [1.29, 1.82) is 0 Å². The summed E-state index contributed by atoms with van der Waals surface area (Å²) in [5, 5.41) is 6.55. The predicted octanol–water partition coefficient (Wildman–Crippen LogP) is 3.66. The lowest BCUT2D eigenvalue weighted by molar-refractivity contribution is -0.148. The number of para-hydroxylation sites is 2. The van der Waals surface area contributed by atoms with Crippen molar-refractivity contribution in [2.24, 2.45) is 10.9 Å². The first-order valence-electron chi connectivity index (χ1n) is 10.6. The molecule has 1 atom stereocenters. The van der Waals surface area contributed by atoms with Gasteiger partial charge < -0.3 is 20.1 Å². The van der Waals surface area contributed by atoms with E-state index in [1.165, 1.54) is 4.90 Å². The van der Waals surface area contributed by atoms with E-state index in [4.69, 9.17) is 9.47 Å². The fraction of sp³-hybridized carbons (Fsp3) is 0.667. The molecule has 1 saturated heterocycles. The van der Waals surface area contributed by atoms with Crippen LogP contribution in [0.4, 0.5) is 13.2 Å². The quantitative estimate of drug-likeness (QED) is 0.305. The molecule has 31 heavy (non-hydrogen) atoms. The van der Waals surface area contributed by atoms with E-state index in [0.717, 1.165) is 49.8 Å². The normalized spacial score (nSPS) is 20.1. The third-order valence-corrected chi connectivity index (χ3v) is 5.32. The van der Waals surface area contributed by atoms with Crippen LogP contribution in [-0.2, 0) is 0 Å². The van der Waals surface area contributed by atoms with Gasteiger partial charge in [0.2, 0.25) is 0 Å². The largest absolute Gasteiger partial charge is 0.486 e. The molecule has 3 rings (SSSR count). The van der Waals surface area contributed by atoms with E-state index in [-0.39, 0.29) is 30.1 Å². The Bertz CT molecular complexity index is 697. The number of benzene rings is 1. The molecule has 2 aliphatic rings. The van der Waals surface area contributed by atoms with E-state index in [0.29, 0.717) is 32.2 Å². The van der Waals surface area contributed by atoms with Crippen LogP contribution in [0.25, 0.3) is 0 Å². The third-order valence-electron chi connectivity index (χ3n) is 5.32. The molecule has 0 amide bonds. The van der Waals surface area contributed by atoms with Gasteiger partial charge in [-0.15, -0.1) is 24.0 Å². The Morgan fingerprint density at radius 2 is 1.87 bits per heavy atom. The number of fused-ring (bicyclic) bond motifs is 1. The maximum atomic E-state index is 12.5. The number of guanidine groups is 1. The predicted molar refractivity (Wildman–Crippen MR) is 126 cm³/mol. The second-order valence-corrected chi connectivity index (χ2v) is 7.77. The molecule has 0 bridgehead atoms. The average Bonchev–Trinajstić information content (AvgIpc) is 2.72. The van der Waals surface area contributed by atoms with Gasteiger partial charge in [0.25, 0.3) is 0 Å². The molecule has 0 radical (unpaired) electrons. The van der Waals surface area contributed by atoms with Gasteiger partial charge in [0.05, 0.1) is 13.1 Å². The minimum Gasteiger partial charge on any atom is -0.486 e. The number of likely N-dealkylation sites (tertiary alicyclic amines) is 1. The number of hydrogen-bond donors (Lipinski definition) is 2. The zero-order valence-electron chi connectivity index (χ0n) is 17.8. The van der Waals surface area contributed by atoms with Gasteiger partial charge in [-0.3, -0.25) is 4.90 Å². The van der Waals surface area contributed by atoms with E-state index in [1.807, 2.05) is 31.2 Å². The molecule has 0 aliphatic carbocycles. The standard InChI is InChI=1S/C21H31F3N4O2.HI/c1-2-25-20(27-13-17-14-29-18-5-3-4-6-19(18)30-17)26-10-7-16-8-11-28(12-9-16)15-21(22,23)24;/h3-6,16-17H,2,7-15H2,1H3,(H2,25,26,27);1H. The average molecular weight is 556 g/mol. The number of rotatable bonds is 7. The lowest BCUT2D eigenvalue weighted by Gasteiger charge is -2.32. The summed E-state index contributed by atoms with van der Waals surface area (Å²) in [5.74, 6) is 2.65. The van der Waals surface area contributed by atoms with E-state index in [9.17, 15) is 13.2 Å². The molecule has 1 fully saturated rings. The Balaban J connectivity index is 0.00000341. The van der Waals surface area contributed by atoms with Crippen LogP contribution in [-0.4, -0.2) is 69.0 Å². The zero-order valence-corrected chi connectivity index (χ0v) is 20.1. The van der Waals surface area contributed by atoms with Gasteiger partial charge >= 0.3 is 6.18 Å². The summed E-state index contributed by atoms with van der Waals surface area (Å²) in [6.45, 7) is 4.64. The van der Waals surface area contributed by atoms with Gasteiger partial charge in [-0.2, -0.15) is 13.2 Å². The molecule has 2 heterocycles. The van der Waals surface area contributed by atoms with Crippen LogP contribution in [0.1, 0.15) is 26.2 Å². The van der Waals surface area contributed by atoms with E-state index < -0.39 is 12.7 Å². The van der Waals surface area contributed by atoms with Crippen LogP contribution in [0.3, 0.4) is 0 Å². The smallest absolute Gasteiger partial charge is 0.401 e. The Morgan fingerprint density at radius 1 is 1.16 bits per heavy atom. The second kappa shape index (κ2) is 12.6. The van der Waals surface area contributed by atoms with Gasteiger partial charge in [0, 0.05) is 13.1 Å². The van der Waals surface area contributed by atoms with Crippen molar-refractivity contribution in [3.8, 4) is 11.5 Å². The molecular formula is C21H32F3IN4O2. The van der Waals surface area contributed by atoms with Gasteiger partial charge in [0.1, 0.15) is 6.61 Å². The maximum Gasteiger partial charge on any atom is 0.401 e. The van der Waals surface area contributed by atoms with E-state index in [2.05, 4.69) is 15.6 Å². The number of nitrogens with zero attached hydrogens (tertiary/aromatic N) is 2. The van der Waals surface area contributed by atoms with Crippen molar-refractivity contribution >= 4 is 29.9 Å². The molecule has 0 aromatic heterocycles. The van der Waals surface area contributed by atoms with Crippen LogP contribution in [0, 0.1) is 5.92 Å². The highest BCUT2D eigenvalue weighted by Gasteiger charge is 2.32. The van der Waals surface area contributed by atoms with Gasteiger partial charge in [-0.1, -0.05) is 12.1 Å². The van der Waals surface area contributed by atoms with Crippen molar-refractivity contribution in [1.82, 2.24) is 15.5 Å². The number of halogens is 4. The van der Waals surface area contributed by atoms with E-state index >= 15 is 0 Å². The zero-order chi connectivity index (χ0) is 21.4. The summed E-state index contributed by atoms with van der Waals surface area (Å²) in [7, 11) is 0. The first-order chi connectivity index (χ1) is 14.4. The molecule has 1 aromatic carbocycles. The summed E-state index contributed by atoms with van der Waals surface area (Å²) in [4.78, 5) is 6.10. The fourth-order valence-electron chi connectivity index (χ4n) is 3.77. The topological polar surface area (TPSA) is 58.1 Å². The van der Waals surface area contributed by atoms with Crippen molar-refractivity contribution in [2.75, 3.05) is 45.9 Å². The lowest BCUT2D eigenvalue weighted by Crippen LogP contribution is -2.42. The van der Waals surface area contributed by atoms with Crippen LogP contribution >= 0.6 is 24.0 Å². The Labute approximate surface area is 199 Å². The summed E-state index contributed by atoms with van der Waals surface area (Å²) in [5.41, 5.74) is 0. The van der Waals surface area contributed by atoms with Gasteiger partial charge in [-0.05, 0) is 57.3 Å². The van der Waals surface area contributed by atoms with Gasteiger partial charge in [0.15, 0.2) is 23.6 Å². The van der Waals surface area contributed by atoms with Crippen molar-refractivity contribution in [3.63, 3.8) is 0 Å². The summed E-state index contributed by atoms with van der Waals surface area (Å²) in [6.07, 6.45) is -1.73. The van der Waals surface area contributed by atoms with Crippen molar-refractivity contribution < 1.29 is 22.6 Å². The lowest BCUT2D eigenvalue weighted by atomic mass is 9.93. The monoisotopic (exact) mass is 556 g/mol. The molecule has 2 N–H and O–H groups in total. The highest BCUT2D eigenvalue weighted by molar-refractivity contribution is 14.0. The summed E-state index contributed by atoms with van der Waals surface area (Å²) >= 11 is 0. The third kappa shape index (κ3) is 8.91. The van der Waals surface area contributed by atoms with Crippen molar-refractivity contribution in [2.45, 2.75) is 38.5 Å². The van der Waals surface area contributed by atoms with Crippen LogP contribution in [0.2, 0.25) is 0 Å². The Kier molecular flexibility index (Phi) is 10.5. The molecule has 10 heteroatoms. The number of piperidine rings is 1. The molecular weight excluding hydrogens is 524 g/mol. The molecule has 0 saturated carbocycles. The maximum absolute atomic E-state index is 12.5. The Morgan fingerprint density at radius 3 is 2.55 bits per heavy atom. The number of hydrogen-bond acceptors (Lipinski definition) is 4. The SMILES string of the molecule is CCNC(=NCC1COc2ccccc2O1)NCCC1CCN(CC(F)(F)F)CC1.I. The van der Waals surface area contributed by atoms with Crippen LogP contribution in [0.5, 0.6) is 11.5 Å². The minimum atomic E-state index is -4.11. The van der Waals surface area contributed by atoms with Gasteiger partial charge in [-0.25, -0.2) is 4.99 Å².